The van der Waals surface area contributed by atoms with Crippen LogP contribution in [0.4, 0.5) is 5.82 Å². The number of methoxy groups -OCH3 is 1. The molecular formula is C25H21N5O2. The standard InChI is InChI=1S/C25H21N5O2/c1-32-25(31)18-11-19(12-18)30-24(27)20(14-26)23(29-30)17-8-7-16-9-10-21(28-22(16)13-17)15-5-3-2-4-6-15/h2-10,13,18-19H,11-12,27H2,1H3. The number of carbonyl (C=O) groups excluding carboxylic acids is 1. The van der Waals surface area contributed by atoms with Crippen molar-refractivity contribution < 1.29 is 9.53 Å². The zero-order valence-electron chi connectivity index (χ0n) is 17.5. The number of esters is 1. The van der Waals surface area contributed by atoms with Gasteiger partial charge in [-0.25, -0.2) is 9.67 Å². The number of hydrogen-bond acceptors (Lipinski definition) is 6. The largest absolute Gasteiger partial charge is 0.469 e. The van der Waals surface area contributed by atoms with E-state index in [0.29, 0.717) is 29.9 Å². The summed E-state index contributed by atoms with van der Waals surface area (Å²) in [5.41, 5.74) is 10.7. The average Bonchev–Trinajstić information content (AvgIpc) is 3.13. The molecule has 32 heavy (non-hydrogen) atoms. The van der Waals surface area contributed by atoms with Gasteiger partial charge >= 0.3 is 5.97 Å². The van der Waals surface area contributed by atoms with Gasteiger partial charge in [0.25, 0.3) is 0 Å². The fraction of sp³-hybridized carbons (Fsp3) is 0.200. The van der Waals surface area contributed by atoms with Crippen LogP contribution in [0.1, 0.15) is 24.4 Å². The number of hydrogen-bond donors (Lipinski definition) is 1. The lowest BCUT2D eigenvalue weighted by molar-refractivity contribution is -0.149. The van der Waals surface area contributed by atoms with Gasteiger partial charge in [-0.2, -0.15) is 10.4 Å². The first kappa shape index (κ1) is 19.8. The van der Waals surface area contributed by atoms with E-state index in [1.807, 2.05) is 60.7 Å². The van der Waals surface area contributed by atoms with Gasteiger partial charge in [-0.1, -0.05) is 48.5 Å². The number of ether oxygens (including phenoxy) is 1. The van der Waals surface area contributed by atoms with E-state index in [2.05, 4.69) is 11.2 Å². The van der Waals surface area contributed by atoms with Crippen LogP contribution < -0.4 is 5.73 Å². The van der Waals surface area contributed by atoms with Crippen LogP contribution in [0.25, 0.3) is 33.4 Å². The highest BCUT2D eigenvalue weighted by Gasteiger charge is 2.38. The predicted octanol–water partition coefficient (Wildman–Crippen LogP) is 4.34. The molecule has 1 aliphatic rings. The molecule has 5 rings (SSSR count). The van der Waals surface area contributed by atoms with Crippen LogP contribution in [0.15, 0.2) is 60.7 Å². The van der Waals surface area contributed by atoms with E-state index < -0.39 is 0 Å². The van der Waals surface area contributed by atoms with Crippen LogP contribution in [0.3, 0.4) is 0 Å². The molecule has 0 unspecified atom stereocenters. The molecule has 0 amide bonds. The first-order valence-corrected chi connectivity index (χ1v) is 10.4. The van der Waals surface area contributed by atoms with Gasteiger partial charge in [-0.3, -0.25) is 4.79 Å². The van der Waals surface area contributed by atoms with Crippen LogP contribution in [0.5, 0.6) is 0 Å². The molecule has 0 saturated heterocycles. The number of nitrogen functional groups attached to an aromatic ring is 1. The smallest absolute Gasteiger partial charge is 0.308 e. The maximum Gasteiger partial charge on any atom is 0.308 e. The second-order valence-electron chi connectivity index (χ2n) is 7.98. The van der Waals surface area contributed by atoms with E-state index in [1.54, 1.807) is 4.68 Å². The Labute approximate surface area is 185 Å². The van der Waals surface area contributed by atoms with Crippen molar-refractivity contribution in [1.29, 1.82) is 5.26 Å². The van der Waals surface area contributed by atoms with Gasteiger partial charge in [0.15, 0.2) is 0 Å². The van der Waals surface area contributed by atoms with Crippen molar-refractivity contribution in [2.24, 2.45) is 5.92 Å². The molecule has 1 aliphatic carbocycles. The van der Waals surface area contributed by atoms with Crippen molar-refractivity contribution in [3.8, 4) is 28.6 Å². The lowest BCUT2D eigenvalue weighted by atomic mass is 9.80. The van der Waals surface area contributed by atoms with Crippen LogP contribution in [-0.4, -0.2) is 27.8 Å². The van der Waals surface area contributed by atoms with Gasteiger partial charge in [-0.05, 0) is 25.0 Å². The molecule has 0 bridgehead atoms. The third-order valence-corrected chi connectivity index (χ3v) is 6.09. The summed E-state index contributed by atoms with van der Waals surface area (Å²) in [6.45, 7) is 0. The molecule has 2 heterocycles. The van der Waals surface area contributed by atoms with Crippen molar-refractivity contribution in [2.45, 2.75) is 18.9 Å². The number of rotatable bonds is 4. The van der Waals surface area contributed by atoms with Crippen LogP contribution in [0, 0.1) is 17.2 Å². The highest BCUT2D eigenvalue weighted by Crippen LogP contribution is 2.41. The van der Waals surface area contributed by atoms with Crippen molar-refractivity contribution in [3.63, 3.8) is 0 Å². The van der Waals surface area contributed by atoms with Gasteiger partial charge in [0, 0.05) is 16.5 Å². The van der Waals surface area contributed by atoms with E-state index >= 15 is 0 Å². The monoisotopic (exact) mass is 423 g/mol. The van der Waals surface area contributed by atoms with E-state index in [4.69, 9.17) is 15.5 Å². The molecule has 7 nitrogen and oxygen atoms in total. The number of benzene rings is 2. The molecule has 0 spiro atoms. The molecule has 158 valence electrons. The van der Waals surface area contributed by atoms with Crippen LogP contribution >= 0.6 is 0 Å². The molecule has 0 aliphatic heterocycles. The Morgan fingerprint density at radius 3 is 2.59 bits per heavy atom. The molecule has 1 saturated carbocycles. The van der Waals surface area contributed by atoms with Crippen LogP contribution in [0.2, 0.25) is 0 Å². The van der Waals surface area contributed by atoms with Crippen molar-refractivity contribution in [2.75, 3.05) is 12.8 Å². The minimum atomic E-state index is -0.220. The van der Waals surface area contributed by atoms with E-state index in [-0.39, 0.29) is 17.9 Å². The fourth-order valence-electron chi connectivity index (χ4n) is 4.22. The van der Waals surface area contributed by atoms with Gasteiger partial charge in [0.05, 0.1) is 30.3 Å². The van der Waals surface area contributed by atoms with E-state index in [9.17, 15) is 10.1 Å². The zero-order valence-corrected chi connectivity index (χ0v) is 17.5. The number of nitrogens with two attached hydrogens (primary N) is 1. The predicted molar refractivity (Wildman–Crippen MR) is 121 cm³/mol. The lowest BCUT2D eigenvalue weighted by Gasteiger charge is -2.33. The number of nitrogens with zero attached hydrogens (tertiary/aromatic N) is 4. The Hall–Kier alpha value is -4.18. The quantitative estimate of drug-likeness (QED) is 0.489. The SMILES string of the molecule is COC(=O)C1CC(n2nc(-c3ccc4ccc(-c5ccccc5)nc4c3)c(C#N)c2N)C1. The van der Waals surface area contributed by atoms with Crippen molar-refractivity contribution in [3.05, 3.63) is 66.2 Å². The highest BCUT2D eigenvalue weighted by molar-refractivity contribution is 5.87. The Balaban J connectivity index is 1.52. The summed E-state index contributed by atoms with van der Waals surface area (Å²) in [6.07, 6.45) is 1.20. The maximum absolute atomic E-state index is 11.7. The number of carbonyl (C=O) groups is 1. The highest BCUT2D eigenvalue weighted by atomic mass is 16.5. The molecule has 2 aromatic heterocycles. The topological polar surface area (TPSA) is 107 Å². The van der Waals surface area contributed by atoms with E-state index in [0.717, 1.165) is 27.7 Å². The first-order chi connectivity index (χ1) is 15.6. The number of fused-ring (bicyclic) bond motifs is 1. The molecule has 7 heteroatoms. The second kappa shape index (κ2) is 7.82. The molecule has 2 aromatic carbocycles. The molecule has 0 radical (unpaired) electrons. The maximum atomic E-state index is 11.7. The third-order valence-electron chi connectivity index (χ3n) is 6.09. The minimum absolute atomic E-state index is 0.0248. The molecule has 1 fully saturated rings. The molecule has 0 atom stereocenters. The molecular weight excluding hydrogens is 402 g/mol. The number of nitriles is 1. The van der Waals surface area contributed by atoms with Crippen molar-refractivity contribution >= 4 is 22.7 Å². The summed E-state index contributed by atoms with van der Waals surface area (Å²) in [4.78, 5) is 16.5. The Kier molecular flexibility index (Phi) is 4.83. The Morgan fingerprint density at radius 2 is 1.88 bits per heavy atom. The Bertz CT molecular complexity index is 1360. The number of pyridine rings is 1. The number of anilines is 1. The molecule has 2 N–H and O–H groups in total. The van der Waals surface area contributed by atoms with Crippen molar-refractivity contribution in [1.82, 2.24) is 14.8 Å². The van der Waals surface area contributed by atoms with Gasteiger partial charge in [0.1, 0.15) is 23.1 Å². The van der Waals surface area contributed by atoms with Crippen LogP contribution in [-0.2, 0) is 9.53 Å². The van der Waals surface area contributed by atoms with Gasteiger partial charge in [-0.15, -0.1) is 0 Å². The first-order valence-electron chi connectivity index (χ1n) is 10.4. The number of aromatic nitrogens is 3. The molecule has 4 aromatic rings. The fourth-order valence-corrected chi connectivity index (χ4v) is 4.22. The minimum Gasteiger partial charge on any atom is -0.469 e. The zero-order chi connectivity index (χ0) is 22.2. The lowest BCUT2D eigenvalue weighted by Crippen LogP contribution is -2.34. The normalized spacial score (nSPS) is 17.5. The average molecular weight is 423 g/mol. The van der Waals surface area contributed by atoms with E-state index in [1.165, 1.54) is 7.11 Å². The van der Waals surface area contributed by atoms with Gasteiger partial charge < -0.3 is 10.5 Å². The summed E-state index contributed by atoms with van der Waals surface area (Å²) in [7, 11) is 1.39. The summed E-state index contributed by atoms with van der Waals surface area (Å²) in [6, 6.07) is 22.0. The summed E-state index contributed by atoms with van der Waals surface area (Å²) >= 11 is 0. The summed E-state index contributed by atoms with van der Waals surface area (Å²) in [5.74, 6) is -0.0479. The Morgan fingerprint density at radius 1 is 1.12 bits per heavy atom. The van der Waals surface area contributed by atoms with Gasteiger partial charge in [0.2, 0.25) is 0 Å². The third kappa shape index (κ3) is 3.26. The summed E-state index contributed by atoms with van der Waals surface area (Å²) in [5, 5.41) is 15.4. The second-order valence-corrected chi connectivity index (χ2v) is 7.98. The summed E-state index contributed by atoms with van der Waals surface area (Å²) < 4.78 is 6.48.